The molecule has 0 amide bonds. The van der Waals surface area contributed by atoms with Crippen LogP contribution in [0, 0.1) is 10.1 Å². The first kappa shape index (κ1) is 13.7. The van der Waals surface area contributed by atoms with Gasteiger partial charge in [0, 0.05) is 30.1 Å². The van der Waals surface area contributed by atoms with Crippen LogP contribution in [0.25, 0.3) is 11.3 Å². The Hall–Kier alpha value is -2.22. The van der Waals surface area contributed by atoms with Gasteiger partial charge in [0.15, 0.2) is 10.9 Å². The van der Waals surface area contributed by atoms with E-state index in [9.17, 15) is 10.1 Å². The van der Waals surface area contributed by atoms with Crippen LogP contribution in [0.2, 0.25) is 0 Å². The number of ether oxygens (including phenoxy) is 2. The van der Waals surface area contributed by atoms with Gasteiger partial charge < -0.3 is 14.0 Å². The quantitative estimate of drug-likeness (QED) is 0.638. The van der Waals surface area contributed by atoms with Crippen LogP contribution in [-0.2, 0) is 6.54 Å². The molecule has 2 aromatic rings. The average molecular weight is 307 g/mol. The van der Waals surface area contributed by atoms with E-state index >= 15 is 0 Å². The molecule has 0 atom stereocenters. The first-order valence-corrected chi connectivity index (χ1v) is 7.23. The van der Waals surface area contributed by atoms with Gasteiger partial charge in [-0.2, -0.15) is 0 Å². The van der Waals surface area contributed by atoms with Crippen LogP contribution in [0.4, 0.5) is 5.69 Å². The number of methoxy groups -OCH3 is 2. The lowest BCUT2D eigenvalue weighted by Crippen LogP contribution is -1.97. The van der Waals surface area contributed by atoms with Crippen molar-refractivity contribution in [3.8, 4) is 22.8 Å². The molecule has 0 radical (unpaired) electrons. The number of aromatic nitrogens is 2. The van der Waals surface area contributed by atoms with Gasteiger partial charge in [0.25, 0.3) is 0 Å². The fraction of sp³-hybridized carbons (Fsp3) is 0.308. The second-order valence-electron chi connectivity index (χ2n) is 4.43. The van der Waals surface area contributed by atoms with Crippen LogP contribution < -0.4 is 9.47 Å². The predicted molar refractivity (Wildman–Crippen MR) is 78.1 cm³/mol. The smallest absolute Gasteiger partial charge is 0.314 e. The molecule has 2 heterocycles. The van der Waals surface area contributed by atoms with Crippen molar-refractivity contribution in [2.75, 3.05) is 20.0 Å². The monoisotopic (exact) mass is 307 g/mol. The van der Waals surface area contributed by atoms with Crippen molar-refractivity contribution in [1.29, 1.82) is 0 Å². The molecule has 3 rings (SSSR count). The van der Waals surface area contributed by atoms with Gasteiger partial charge in [0.05, 0.1) is 30.9 Å². The molecule has 0 unspecified atom stereocenters. The topological polar surface area (TPSA) is 79.4 Å². The van der Waals surface area contributed by atoms with E-state index in [1.165, 1.54) is 20.3 Å². The number of thioether (sulfide) groups is 1. The molecule has 1 aromatic heterocycles. The van der Waals surface area contributed by atoms with E-state index in [1.54, 1.807) is 17.8 Å². The minimum absolute atomic E-state index is 0.126. The SMILES string of the molecule is COc1cc([N+](=O)[O-])c(OC)cc1-c1cn2c(n1)SCC2. The van der Waals surface area contributed by atoms with Gasteiger partial charge in [-0.1, -0.05) is 11.8 Å². The van der Waals surface area contributed by atoms with Crippen molar-refractivity contribution in [2.45, 2.75) is 11.7 Å². The van der Waals surface area contributed by atoms with Crippen LogP contribution in [0.3, 0.4) is 0 Å². The zero-order valence-corrected chi connectivity index (χ0v) is 12.3. The van der Waals surface area contributed by atoms with Crippen LogP contribution in [-0.4, -0.2) is 34.4 Å². The molecule has 0 bridgehead atoms. The summed E-state index contributed by atoms with van der Waals surface area (Å²) in [5.41, 5.74) is 1.28. The lowest BCUT2D eigenvalue weighted by atomic mass is 10.1. The zero-order chi connectivity index (χ0) is 15.0. The number of nitro benzene ring substituents is 1. The minimum atomic E-state index is -0.492. The highest BCUT2D eigenvalue weighted by Gasteiger charge is 2.23. The first-order valence-electron chi connectivity index (χ1n) is 6.24. The van der Waals surface area contributed by atoms with Crippen molar-refractivity contribution < 1.29 is 14.4 Å². The highest BCUT2D eigenvalue weighted by atomic mass is 32.2. The Kier molecular flexibility index (Phi) is 3.46. The Morgan fingerprint density at radius 3 is 2.71 bits per heavy atom. The summed E-state index contributed by atoms with van der Waals surface area (Å²) in [4.78, 5) is 15.1. The van der Waals surface area contributed by atoms with Crippen LogP contribution in [0.5, 0.6) is 11.5 Å². The number of hydrogen-bond donors (Lipinski definition) is 0. The minimum Gasteiger partial charge on any atom is -0.496 e. The normalized spacial score (nSPS) is 13.0. The van der Waals surface area contributed by atoms with Gasteiger partial charge in [-0.05, 0) is 0 Å². The van der Waals surface area contributed by atoms with Gasteiger partial charge in [0.1, 0.15) is 5.75 Å². The fourth-order valence-corrected chi connectivity index (χ4v) is 3.21. The number of nitrogens with zero attached hydrogens (tertiary/aromatic N) is 3. The Labute approximate surface area is 125 Å². The predicted octanol–water partition coefficient (Wildman–Crippen LogP) is 2.58. The third kappa shape index (κ3) is 2.31. The molecule has 110 valence electrons. The van der Waals surface area contributed by atoms with Crippen LogP contribution in [0.1, 0.15) is 0 Å². The third-order valence-electron chi connectivity index (χ3n) is 3.28. The molecule has 1 aliphatic rings. The van der Waals surface area contributed by atoms with Crippen LogP contribution >= 0.6 is 11.8 Å². The molecule has 1 aromatic carbocycles. The summed E-state index contributed by atoms with van der Waals surface area (Å²) < 4.78 is 12.4. The summed E-state index contributed by atoms with van der Waals surface area (Å²) in [6, 6.07) is 2.96. The number of nitro groups is 1. The van der Waals surface area contributed by atoms with Crippen molar-refractivity contribution in [3.63, 3.8) is 0 Å². The Morgan fingerprint density at radius 1 is 1.33 bits per heavy atom. The van der Waals surface area contributed by atoms with Crippen LogP contribution in [0.15, 0.2) is 23.5 Å². The van der Waals surface area contributed by atoms with Gasteiger partial charge in [0.2, 0.25) is 0 Å². The van der Waals surface area contributed by atoms with E-state index in [0.29, 0.717) is 11.3 Å². The highest BCUT2D eigenvalue weighted by Crippen LogP contribution is 2.40. The number of fused-ring (bicyclic) bond motifs is 1. The highest BCUT2D eigenvalue weighted by molar-refractivity contribution is 7.99. The second-order valence-corrected chi connectivity index (χ2v) is 5.49. The van der Waals surface area contributed by atoms with Gasteiger partial charge >= 0.3 is 5.69 Å². The van der Waals surface area contributed by atoms with E-state index < -0.39 is 4.92 Å². The average Bonchev–Trinajstić information content (AvgIpc) is 3.06. The Morgan fingerprint density at radius 2 is 2.10 bits per heavy atom. The summed E-state index contributed by atoms with van der Waals surface area (Å²) in [7, 11) is 2.88. The summed E-state index contributed by atoms with van der Waals surface area (Å²) in [6.45, 7) is 0.916. The summed E-state index contributed by atoms with van der Waals surface area (Å²) >= 11 is 1.69. The maximum Gasteiger partial charge on any atom is 0.314 e. The van der Waals surface area contributed by atoms with Gasteiger partial charge in [-0.25, -0.2) is 4.98 Å². The number of rotatable bonds is 4. The lowest BCUT2D eigenvalue weighted by molar-refractivity contribution is -0.385. The van der Waals surface area contributed by atoms with E-state index in [-0.39, 0.29) is 11.4 Å². The third-order valence-corrected chi connectivity index (χ3v) is 4.25. The summed E-state index contributed by atoms with van der Waals surface area (Å²) in [5, 5.41) is 12.0. The molecule has 0 N–H and O–H groups in total. The Balaban J connectivity index is 2.14. The number of hydrogen-bond acceptors (Lipinski definition) is 6. The molecule has 21 heavy (non-hydrogen) atoms. The maximum absolute atomic E-state index is 11.1. The van der Waals surface area contributed by atoms with E-state index in [4.69, 9.17) is 9.47 Å². The Bertz CT molecular complexity index is 692. The van der Waals surface area contributed by atoms with Gasteiger partial charge in [-0.3, -0.25) is 10.1 Å². The summed E-state index contributed by atoms with van der Waals surface area (Å²) in [5.74, 6) is 1.62. The maximum atomic E-state index is 11.1. The van der Waals surface area contributed by atoms with E-state index in [2.05, 4.69) is 9.55 Å². The molecule has 0 aliphatic carbocycles. The molecule has 8 heteroatoms. The number of benzene rings is 1. The fourth-order valence-electron chi connectivity index (χ4n) is 2.26. The standard InChI is InChI=1S/C13H13N3O4S/c1-19-11-6-10(16(17)18)12(20-2)5-8(11)9-7-15-3-4-21-13(15)14-9/h5-7H,3-4H2,1-2H3. The van der Waals surface area contributed by atoms with Gasteiger partial charge in [-0.15, -0.1) is 0 Å². The van der Waals surface area contributed by atoms with Crippen molar-refractivity contribution in [2.24, 2.45) is 0 Å². The number of imidazole rings is 1. The molecular weight excluding hydrogens is 294 g/mol. The molecular formula is C13H13N3O4S. The summed E-state index contributed by atoms with van der Waals surface area (Å²) in [6.07, 6.45) is 1.93. The number of aryl methyl sites for hydroxylation is 1. The van der Waals surface area contributed by atoms with E-state index in [0.717, 1.165) is 23.1 Å². The second kappa shape index (κ2) is 5.28. The van der Waals surface area contributed by atoms with E-state index in [1.807, 2.05) is 6.20 Å². The lowest BCUT2D eigenvalue weighted by Gasteiger charge is -2.09. The zero-order valence-electron chi connectivity index (χ0n) is 11.5. The molecule has 0 saturated carbocycles. The first-order chi connectivity index (χ1) is 10.1. The van der Waals surface area contributed by atoms with Crippen molar-refractivity contribution in [3.05, 3.63) is 28.4 Å². The molecule has 0 spiro atoms. The van der Waals surface area contributed by atoms with Crippen molar-refractivity contribution >= 4 is 17.4 Å². The largest absolute Gasteiger partial charge is 0.496 e. The molecule has 7 nitrogen and oxygen atoms in total. The molecule has 1 aliphatic heterocycles. The van der Waals surface area contributed by atoms with Crippen molar-refractivity contribution in [1.82, 2.24) is 9.55 Å². The molecule has 0 saturated heterocycles. The molecule has 0 fully saturated rings.